The molecule has 2 heteroatoms. The van der Waals surface area contributed by atoms with Crippen LogP contribution in [0.15, 0.2) is 24.3 Å². The normalized spacial score (nSPS) is 27.4. The Morgan fingerprint density at radius 3 is 2.78 bits per heavy atom. The van der Waals surface area contributed by atoms with Gasteiger partial charge in [0, 0.05) is 5.56 Å². The van der Waals surface area contributed by atoms with Crippen LogP contribution in [-0.2, 0) is 5.60 Å². The van der Waals surface area contributed by atoms with Crippen LogP contribution in [0.25, 0.3) is 0 Å². The Morgan fingerprint density at radius 2 is 2.11 bits per heavy atom. The monoisotopic (exact) mass is 248 g/mol. The zero-order valence-corrected chi connectivity index (χ0v) is 11.5. The van der Waals surface area contributed by atoms with Gasteiger partial charge in [0.15, 0.2) is 0 Å². The van der Waals surface area contributed by atoms with Crippen LogP contribution < -0.4 is 4.74 Å². The smallest absolute Gasteiger partial charge is 0.125 e. The zero-order valence-electron chi connectivity index (χ0n) is 11.5. The van der Waals surface area contributed by atoms with E-state index in [0.29, 0.717) is 12.5 Å². The molecule has 1 saturated carbocycles. The van der Waals surface area contributed by atoms with E-state index in [9.17, 15) is 5.11 Å². The molecule has 2 atom stereocenters. The third-order valence-electron chi connectivity index (χ3n) is 4.02. The fourth-order valence-electron chi connectivity index (χ4n) is 2.91. The van der Waals surface area contributed by atoms with E-state index in [1.54, 1.807) is 0 Å². The Bertz CT molecular complexity index is 388. The van der Waals surface area contributed by atoms with E-state index in [0.717, 1.165) is 43.4 Å². The highest BCUT2D eigenvalue weighted by Gasteiger charge is 2.39. The second-order valence-corrected chi connectivity index (χ2v) is 5.39. The number of hydrogen-bond acceptors (Lipinski definition) is 2. The molecule has 0 radical (unpaired) electrons. The second-order valence-electron chi connectivity index (χ2n) is 5.39. The fourth-order valence-corrected chi connectivity index (χ4v) is 2.91. The van der Waals surface area contributed by atoms with Crippen LogP contribution in [0.4, 0.5) is 0 Å². The van der Waals surface area contributed by atoms with Gasteiger partial charge in [-0.3, -0.25) is 0 Å². The maximum Gasteiger partial charge on any atom is 0.125 e. The average Bonchev–Trinajstić information content (AvgIpc) is 2.80. The summed E-state index contributed by atoms with van der Waals surface area (Å²) in [6.07, 6.45) is 4.99. The highest BCUT2D eigenvalue weighted by molar-refractivity contribution is 5.38. The topological polar surface area (TPSA) is 29.5 Å². The SMILES string of the molecule is CCCOc1ccccc1C1(O)CCC(CC)C1. The Balaban J connectivity index is 2.21. The first-order valence-electron chi connectivity index (χ1n) is 7.14. The summed E-state index contributed by atoms with van der Waals surface area (Å²) in [4.78, 5) is 0. The quantitative estimate of drug-likeness (QED) is 0.857. The van der Waals surface area contributed by atoms with Crippen molar-refractivity contribution < 1.29 is 9.84 Å². The summed E-state index contributed by atoms with van der Waals surface area (Å²) < 4.78 is 5.77. The van der Waals surface area contributed by atoms with Crippen LogP contribution in [0.5, 0.6) is 5.75 Å². The molecule has 1 aromatic carbocycles. The maximum absolute atomic E-state index is 10.9. The number of para-hydroxylation sites is 1. The van der Waals surface area contributed by atoms with Crippen molar-refractivity contribution in [3.63, 3.8) is 0 Å². The molecular weight excluding hydrogens is 224 g/mol. The predicted octanol–water partition coefficient (Wildman–Crippen LogP) is 3.87. The highest BCUT2D eigenvalue weighted by Crippen LogP contribution is 2.46. The minimum absolute atomic E-state index is 0.647. The first-order chi connectivity index (χ1) is 8.69. The van der Waals surface area contributed by atoms with E-state index in [1.807, 2.05) is 24.3 Å². The molecule has 0 bridgehead atoms. The van der Waals surface area contributed by atoms with Gasteiger partial charge in [-0.1, -0.05) is 38.5 Å². The van der Waals surface area contributed by atoms with Crippen molar-refractivity contribution >= 4 is 0 Å². The number of hydrogen-bond donors (Lipinski definition) is 1. The van der Waals surface area contributed by atoms with Gasteiger partial charge in [0.1, 0.15) is 5.75 Å². The van der Waals surface area contributed by atoms with Gasteiger partial charge in [0.2, 0.25) is 0 Å². The van der Waals surface area contributed by atoms with Crippen molar-refractivity contribution in [1.29, 1.82) is 0 Å². The molecule has 18 heavy (non-hydrogen) atoms. The molecule has 1 aliphatic rings. The molecule has 1 aromatic rings. The molecular formula is C16H24O2. The maximum atomic E-state index is 10.9. The average molecular weight is 248 g/mol. The third kappa shape index (κ3) is 2.69. The van der Waals surface area contributed by atoms with Crippen molar-refractivity contribution in [2.75, 3.05) is 6.61 Å². The van der Waals surface area contributed by atoms with Gasteiger partial charge in [0.25, 0.3) is 0 Å². The van der Waals surface area contributed by atoms with E-state index < -0.39 is 5.60 Å². The van der Waals surface area contributed by atoms with E-state index in [1.165, 1.54) is 0 Å². The summed E-state index contributed by atoms with van der Waals surface area (Å²) in [6, 6.07) is 7.96. The molecule has 1 fully saturated rings. The molecule has 0 aromatic heterocycles. The van der Waals surface area contributed by atoms with Crippen LogP contribution >= 0.6 is 0 Å². The molecule has 2 nitrogen and oxygen atoms in total. The van der Waals surface area contributed by atoms with Gasteiger partial charge in [-0.15, -0.1) is 0 Å². The Hall–Kier alpha value is -1.02. The van der Waals surface area contributed by atoms with Crippen molar-refractivity contribution in [3.05, 3.63) is 29.8 Å². The summed E-state index contributed by atoms with van der Waals surface area (Å²) in [7, 11) is 0. The molecule has 100 valence electrons. The highest BCUT2D eigenvalue weighted by atomic mass is 16.5. The van der Waals surface area contributed by atoms with Gasteiger partial charge in [-0.05, 0) is 37.7 Å². The first kappa shape index (κ1) is 13.4. The Morgan fingerprint density at radius 1 is 1.33 bits per heavy atom. The molecule has 0 amide bonds. The van der Waals surface area contributed by atoms with Crippen LogP contribution in [0.2, 0.25) is 0 Å². The number of rotatable bonds is 5. The van der Waals surface area contributed by atoms with E-state index in [4.69, 9.17) is 4.74 Å². The van der Waals surface area contributed by atoms with Gasteiger partial charge in [-0.25, -0.2) is 0 Å². The lowest BCUT2D eigenvalue weighted by atomic mass is 9.90. The minimum atomic E-state index is -0.676. The van der Waals surface area contributed by atoms with Crippen LogP contribution in [0.1, 0.15) is 51.5 Å². The van der Waals surface area contributed by atoms with Gasteiger partial charge < -0.3 is 9.84 Å². The predicted molar refractivity (Wildman–Crippen MR) is 73.8 cm³/mol. The second kappa shape index (κ2) is 5.75. The zero-order chi connectivity index (χ0) is 13.0. The molecule has 2 unspecified atom stereocenters. The molecule has 0 aliphatic heterocycles. The summed E-state index contributed by atoms with van der Waals surface area (Å²) in [5, 5.41) is 10.9. The molecule has 0 heterocycles. The van der Waals surface area contributed by atoms with Crippen LogP contribution in [-0.4, -0.2) is 11.7 Å². The molecule has 0 spiro atoms. The lowest BCUT2D eigenvalue weighted by Gasteiger charge is -2.26. The Kier molecular flexibility index (Phi) is 4.28. The standard InChI is InChI=1S/C16H24O2/c1-3-11-18-15-8-6-5-7-14(15)16(17)10-9-13(4-2)12-16/h5-8,13,17H,3-4,9-12H2,1-2H3. The van der Waals surface area contributed by atoms with Crippen molar-refractivity contribution in [2.24, 2.45) is 5.92 Å². The summed E-state index contributed by atoms with van der Waals surface area (Å²) >= 11 is 0. The first-order valence-corrected chi connectivity index (χ1v) is 7.14. The largest absolute Gasteiger partial charge is 0.493 e. The van der Waals surface area contributed by atoms with Crippen molar-refractivity contribution in [1.82, 2.24) is 0 Å². The van der Waals surface area contributed by atoms with Crippen molar-refractivity contribution in [3.8, 4) is 5.75 Å². The molecule has 0 saturated heterocycles. The fraction of sp³-hybridized carbons (Fsp3) is 0.625. The lowest BCUT2D eigenvalue weighted by molar-refractivity contribution is 0.0367. The van der Waals surface area contributed by atoms with Crippen LogP contribution in [0, 0.1) is 5.92 Å². The number of aliphatic hydroxyl groups is 1. The van der Waals surface area contributed by atoms with E-state index in [2.05, 4.69) is 13.8 Å². The third-order valence-corrected chi connectivity index (χ3v) is 4.02. The Labute approximate surface area is 110 Å². The van der Waals surface area contributed by atoms with Crippen LogP contribution in [0.3, 0.4) is 0 Å². The minimum Gasteiger partial charge on any atom is -0.493 e. The summed E-state index contributed by atoms with van der Waals surface area (Å²) in [5.74, 6) is 1.51. The summed E-state index contributed by atoms with van der Waals surface area (Å²) in [5.41, 5.74) is 0.305. The lowest BCUT2D eigenvalue weighted by Crippen LogP contribution is -2.23. The van der Waals surface area contributed by atoms with E-state index in [-0.39, 0.29) is 0 Å². The molecule has 1 N–H and O–H groups in total. The van der Waals surface area contributed by atoms with Gasteiger partial charge in [-0.2, -0.15) is 0 Å². The molecule has 2 rings (SSSR count). The van der Waals surface area contributed by atoms with E-state index >= 15 is 0 Å². The number of ether oxygens (including phenoxy) is 1. The summed E-state index contributed by atoms with van der Waals surface area (Å²) in [6.45, 7) is 5.01. The molecule has 1 aliphatic carbocycles. The van der Waals surface area contributed by atoms with Gasteiger partial charge >= 0.3 is 0 Å². The van der Waals surface area contributed by atoms with Gasteiger partial charge in [0.05, 0.1) is 12.2 Å². The number of benzene rings is 1. The van der Waals surface area contributed by atoms with Crippen molar-refractivity contribution in [2.45, 2.75) is 51.6 Å².